The molecular weight excluding hydrogens is 178 g/mol. The summed E-state index contributed by atoms with van der Waals surface area (Å²) in [7, 11) is 0. The molecule has 1 unspecified atom stereocenters. The van der Waals surface area contributed by atoms with Gasteiger partial charge >= 0.3 is 6.18 Å². The van der Waals surface area contributed by atoms with Crippen LogP contribution < -0.4 is 0 Å². The van der Waals surface area contributed by atoms with Gasteiger partial charge in [0.15, 0.2) is 0 Å². The van der Waals surface area contributed by atoms with Crippen LogP contribution in [-0.2, 0) is 4.79 Å². The van der Waals surface area contributed by atoms with Crippen molar-refractivity contribution in [1.29, 1.82) is 0 Å². The lowest BCUT2D eigenvalue weighted by atomic mass is 10.2. The topological polar surface area (TPSA) is 17.1 Å². The van der Waals surface area contributed by atoms with Crippen LogP contribution in [0.25, 0.3) is 0 Å². The molecule has 0 amide bonds. The zero-order valence-electron chi connectivity index (χ0n) is 4.83. The van der Waals surface area contributed by atoms with Crippen molar-refractivity contribution in [2.75, 3.05) is 0 Å². The van der Waals surface area contributed by atoms with Crippen LogP contribution in [0.3, 0.4) is 0 Å². The summed E-state index contributed by atoms with van der Waals surface area (Å²) in [6, 6.07) is 0. The smallest absolute Gasteiger partial charge is 0.286 e. The van der Waals surface area contributed by atoms with Gasteiger partial charge in [0.05, 0.1) is 0 Å². The summed E-state index contributed by atoms with van der Waals surface area (Å²) in [6.07, 6.45) is -13.2. The maximum absolute atomic E-state index is 11.6. The van der Waals surface area contributed by atoms with Crippen LogP contribution in [0.4, 0.5) is 26.3 Å². The molecule has 0 aliphatic rings. The molecule has 7 heteroatoms. The van der Waals surface area contributed by atoms with E-state index in [-0.39, 0.29) is 0 Å². The highest BCUT2D eigenvalue weighted by molar-refractivity contribution is 5.88. The largest absolute Gasteiger partial charge is 0.453 e. The molecule has 0 fully saturated rings. The van der Waals surface area contributed by atoms with E-state index in [2.05, 4.69) is 0 Å². The first-order valence-corrected chi connectivity index (χ1v) is 2.30. The number of ketones is 1. The Balaban J connectivity index is 4.26. The Bertz CT molecular complexity index is 149. The van der Waals surface area contributed by atoms with Crippen LogP contribution >= 0.6 is 0 Å². The minimum absolute atomic E-state index is 3.05. The van der Waals surface area contributed by atoms with Crippen LogP contribution in [0.5, 0.6) is 0 Å². The Labute approximate surface area is 57.0 Å². The Morgan fingerprint density at radius 2 is 1.45 bits per heavy atom. The average Bonchev–Trinajstić information content (AvgIpc) is 1.82. The highest BCUT2D eigenvalue weighted by Crippen LogP contribution is 2.22. The highest BCUT2D eigenvalue weighted by atomic mass is 19.4. The van der Waals surface area contributed by atoms with Gasteiger partial charge in [0, 0.05) is 0 Å². The SMILES string of the molecule is O=C(C(F)C(F)F)C(F)(F)F. The van der Waals surface area contributed by atoms with Crippen molar-refractivity contribution in [2.45, 2.75) is 18.8 Å². The molecule has 0 aromatic carbocycles. The van der Waals surface area contributed by atoms with Crippen molar-refractivity contribution < 1.29 is 31.1 Å². The van der Waals surface area contributed by atoms with E-state index in [1.165, 1.54) is 0 Å². The Morgan fingerprint density at radius 3 is 1.55 bits per heavy atom. The van der Waals surface area contributed by atoms with Crippen molar-refractivity contribution in [3.63, 3.8) is 0 Å². The number of hydrogen-bond acceptors (Lipinski definition) is 1. The second-order valence-corrected chi connectivity index (χ2v) is 1.60. The molecule has 0 rings (SSSR count). The van der Waals surface area contributed by atoms with Crippen LogP contribution in [0.2, 0.25) is 0 Å². The Kier molecular flexibility index (Phi) is 2.89. The van der Waals surface area contributed by atoms with Crippen molar-refractivity contribution in [3.8, 4) is 0 Å². The minimum atomic E-state index is -5.53. The summed E-state index contributed by atoms with van der Waals surface area (Å²) in [5.41, 5.74) is 0. The fraction of sp³-hybridized carbons (Fsp3) is 0.750. The molecule has 66 valence electrons. The molecule has 0 bridgehead atoms. The first-order valence-electron chi connectivity index (χ1n) is 2.30. The number of rotatable bonds is 2. The number of Topliss-reactive ketones (excluding diaryl/α,β-unsaturated/α-hetero) is 1. The Hall–Kier alpha value is -0.750. The monoisotopic (exact) mass is 180 g/mol. The molecular formula is C4H2F6O. The van der Waals surface area contributed by atoms with Gasteiger partial charge < -0.3 is 0 Å². The number of carbonyl (C=O) groups excluding carboxylic acids is 1. The van der Waals surface area contributed by atoms with E-state index in [1.807, 2.05) is 0 Å². The van der Waals surface area contributed by atoms with Gasteiger partial charge in [-0.2, -0.15) is 13.2 Å². The van der Waals surface area contributed by atoms with Gasteiger partial charge in [-0.3, -0.25) is 4.79 Å². The lowest BCUT2D eigenvalue weighted by Gasteiger charge is -2.07. The molecule has 0 aromatic heterocycles. The molecule has 0 aliphatic heterocycles. The predicted molar refractivity (Wildman–Crippen MR) is 22.0 cm³/mol. The standard InChI is InChI=1S/C4H2F6O/c5-1(3(6)7)2(11)4(8,9)10/h1,3H. The van der Waals surface area contributed by atoms with Crippen LogP contribution in [0.1, 0.15) is 0 Å². The normalized spacial score (nSPS) is 15.2. The van der Waals surface area contributed by atoms with Gasteiger partial charge in [-0.25, -0.2) is 13.2 Å². The van der Waals surface area contributed by atoms with Crippen molar-refractivity contribution in [3.05, 3.63) is 0 Å². The summed E-state index contributed by atoms with van der Waals surface area (Å²) in [5, 5.41) is 0. The van der Waals surface area contributed by atoms with Crippen LogP contribution in [0.15, 0.2) is 0 Å². The molecule has 0 spiro atoms. The van der Waals surface area contributed by atoms with Gasteiger partial charge in [0.2, 0.25) is 6.17 Å². The molecule has 1 atom stereocenters. The van der Waals surface area contributed by atoms with Crippen LogP contribution in [-0.4, -0.2) is 24.6 Å². The third-order valence-electron chi connectivity index (χ3n) is 0.751. The minimum Gasteiger partial charge on any atom is -0.286 e. The van der Waals surface area contributed by atoms with Gasteiger partial charge in [-0.15, -0.1) is 0 Å². The summed E-state index contributed by atoms with van der Waals surface area (Å²) in [4.78, 5) is 9.63. The van der Waals surface area contributed by atoms with Crippen LogP contribution in [0, 0.1) is 0 Å². The zero-order chi connectivity index (χ0) is 9.23. The molecule has 0 radical (unpaired) electrons. The fourth-order valence-corrected chi connectivity index (χ4v) is 0.271. The van der Waals surface area contributed by atoms with Gasteiger partial charge in [0.1, 0.15) is 0 Å². The van der Waals surface area contributed by atoms with E-state index in [9.17, 15) is 31.1 Å². The third-order valence-corrected chi connectivity index (χ3v) is 0.751. The van der Waals surface area contributed by atoms with E-state index in [0.29, 0.717) is 0 Å². The number of alkyl halides is 6. The fourth-order valence-electron chi connectivity index (χ4n) is 0.271. The quantitative estimate of drug-likeness (QED) is 0.591. The third kappa shape index (κ3) is 2.77. The number of halogens is 6. The van der Waals surface area contributed by atoms with E-state index in [0.717, 1.165) is 0 Å². The molecule has 1 nitrogen and oxygen atoms in total. The first-order chi connectivity index (χ1) is 4.76. The second kappa shape index (κ2) is 3.10. The lowest BCUT2D eigenvalue weighted by molar-refractivity contribution is -0.181. The van der Waals surface area contributed by atoms with E-state index in [1.54, 1.807) is 0 Å². The van der Waals surface area contributed by atoms with E-state index in [4.69, 9.17) is 0 Å². The van der Waals surface area contributed by atoms with Crippen molar-refractivity contribution >= 4 is 5.78 Å². The van der Waals surface area contributed by atoms with Crippen molar-refractivity contribution in [2.24, 2.45) is 0 Å². The molecule has 11 heavy (non-hydrogen) atoms. The van der Waals surface area contributed by atoms with Gasteiger partial charge in [0.25, 0.3) is 12.2 Å². The molecule has 0 saturated carbocycles. The van der Waals surface area contributed by atoms with Gasteiger partial charge in [-0.1, -0.05) is 0 Å². The summed E-state index contributed by atoms with van der Waals surface area (Å²) in [5.74, 6) is -3.05. The second-order valence-electron chi connectivity index (χ2n) is 1.60. The average molecular weight is 180 g/mol. The summed E-state index contributed by atoms with van der Waals surface area (Å²) < 4.78 is 67.2. The zero-order valence-corrected chi connectivity index (χ0v) is 4.83. The molecule has 0 saturated heterocycles. The highest BCUT2D eigenvalue weighted by Gasteiger charge is 2.47. The lowest BCUT2D eigenvalue weighted by Crippen LogP contribution is -2.35. The maximum Gasteiger partial charge on any atom is 0.453 e. The van der Waals surface area contributed by atoms with E-state index < -0.39 is 24.6 Å². The van der Waals surface area contributed by atoms with Crippen molar-refractivity contribution in [1.82, 2.24) is 0 Å². The number of hydrogen-bond donors (Lipinski definition) is 0. The Morgan fingerprint density at radius 1 is 1.09 bits per heavy atom. The predicted octanol–water partition coefficient (Wildman–Crippen LogP) is 1.72. The van der Waals surface area contributed by atoms with E-state index >= 15 is 0 Å². The molecule has 0 heterocycles. The summed E-state index contributed by atoms with van der Waals surface area (Å²) in [6.45, 7) is 0. The number of carbonyl (C=O) groups is 1. The molecule has 0 aliphatic carbocycles. The molecule has 0 aromatic rings. The first kappa shape index (κ1) is 10.2. The summed E-state index contributed by atoms with van der Waals surface area (Å²) >= 11 is 0. The van der Waals surface area contributed by atoms with Gasteiger partial charge in [-0.05, 0) is 0 Å². The molecule has 0 N–H and O–H groups in total. The maximum atomic E-state index is 11.6.